The van der Waals surface area contributed by atoms with E-state index in [0.717, 1.165) is 57.5 Å². The van der Waals surface area contributed by atoms with Gasteiger partial charge in [-0.1, -0.05) is 31.9 Å². The molecule has 0 unspecified atom stereocenters. The van der Waals surface area contributed by atoms with Gasteiger partial charge in [-0.05, 0) is 61.9 Å². The zero-order chi connectivity index (χ0) is 30.7. The molecule has 2 aliphatic heterocycles. The van der Waals surface area contributed by atoms with Gasteiger partial charge in [0.05, 0.1) is 22.5 Å². The number of hydrogen-bond acceptors (Lipinski definition) is 5. The van der Waals surface area contributed by atoms with Gasteiger partial charge in [0.15, 0.2) is 0 Å². The predicted octanol–water partition coefficient (Wildman–Crippen LogP) is 5.74. The van der Waals surface area contributed by atoms with Crippen LogP contribution in [0.5, 0.6) is 0 Å². The third-order valence-corrected chi connectivity index (χ3v) is 8.13. The number of benzene rings is 2. The Morgan fingerprint density at radius 3 is 2.40 bits per heavy atom. The van der Waals surface area contributed by atoms with E-state index >= 15 is 4.39 Å². The van der Waals surface area contributed by atoms with Crippen LogP contribution in [-0.4, -0.2) is 62.2 Å². The summed E-state index contributed by atoms with van der Waals surface area (Å²) in [5, 5.41) is 8.27. The van der Waals surface area contributed by atoms with Crippen molar-refractivity contribution in [2.75, 3.05) is 43.4 Å². The van der Waals surface area contributed by atoms with Gasteiger partial charge in [0.1, 0.15) is 5.82 Å². The quantitative estimate of drug-likeness (QED) is 0.371. The SMILES string of the molecule is C=C1C=C(C(F)(F)F)C(C(=O)Nc2cc(-c3cc(C(=O)NC4CCCCC4)ccc3F)ccc2N2CCN(C)CC2)=CN1. The molecule has 43 heavy (non-hydrogen) atoms. The van der Waals surface area contributed by atoms with Crippen LogP contribution in [0.25, 0.3) is 11.1 Å². The second kappa shape index (κ2) is 12.6. The molecule has 1 saturated heterocycles. The van der Waals surface area contributed by atoms with Crippen molar-refractivity contribution in [3.8, 4) is 11.1 Å². The summed E-state index contributed by atoms with van der Waals surface area (Å²) in [7, 11) is 1.99. The highest BCUT2D eigenvalue weighted by atomic mass is 19.4. The van der Waals surface area contributed by atoms with Crippen molar-refractivity contribution in [2.45, 2.75) is 44.3 Å². The maximum absolute atomic E-state index is 15.2. The van der Waals surface area contributed by atoms with Crippen LogP contribution in [0.1, 0.15) is 42.5 Å². The average molecular weight is 598 g/mol. The molecule has 0 spiro atoms. The summed E-state index contributed by atoms with van der Waals surface area (Å²) >= 11 is 0. The van der Waals surface area contributed by atoms with Crippen molar-refractivity contribution in [1.82, 2.24) is 15.5 Å². The molecule has 2 fully saturated rings. The van der Waals surface area contributed by atoms with E-state index < -0.39 is 29.0 Å². The summed E-state index contributed by atoms with van der Waals surface area (Å²) in [5.41, 5.74) is -0.0632. The van der Waals surface area contributed by atoms with E-state index in [-0.39, 0.29) is 28.9 Å². The molecular weight excluding hydrogens is 562 g/mol. The summed E-state index contributed by atoms with van der Waals surface area (Å²) in [6, 6.07) is 9.16. The van der Waals surface area contributed by atoms with Gasteiger partial charge in [0, 0.05) is 55.2 Å². The summed E-state index contributed by atoms with van der Waals surface area (Å²) in [5.74, 6) is -1.84. The monoisotopic (exact) mass is 597 g/mol. The molecule has 2 aromatic carbocycles. The molecule has 2 heterocycles. The maximum atomic E-state index is 15.2. The molecule has 3 aliphatic rings. The first kappa shape index (κ1) is 30.3. The van der Waals surface area contributed by atoms with Gasteiger partial charge in [-0.3, -0.25) is 9.59 Å². The number of nitrogens with zero attached hydrogens (tertiary/aromatic N) is 2. The maximum Gasteiger partial charge on any atom is 0.417 e. The number of carbonyl (C=O) groups is 2. The first-order valence-electron chi connectivity index (χ1n) is 14.4. The molecule has 0 bridgehead atoms. The Balaban J connectivity index is 1.48. The summed E-state index contributed by atoms with van der Waals surface area (Å²) in [6.45, 7) is 6.26. The van der Waals surface area contributed by atoms with Crippen LogP contribution in [-0.2, 0) is 4.79 Å². The third kappa shape index (κ3) is 7.10. The minimum atomic E-state index is -4.78. The van der Waals surface area contributed by atoms with E-state index in [1.54, 1.807) is 18.2 Å². The fraction of sp³-hybridized carbons (Fsp3) is 0.375. The van der Waals surface area contributed by atoms with Crippen LogP contribution in [0.3, 0.4) is 0 Å². The van der Waals surface area contributed by atoms with Crippen molar-refractivity contribution >= 4 is 23.2 Å². The smallest absolute Gasteiger partial charge is 0.367 e. The molecule has 1 aliphatic carbocycles. The lowest BCUT2D eigenvalue weighted by atomic mass is 9.95. The number of dihydropyridines is 1. The largest absolute Gasteiger partial charge is 0.417 e. The number of alkyl halides is 3. The van der Waals surface area contributed by atoms with Gasteiger partial charge in [-0.2, -0.15) is 13.2 Å². The van der Waals surface area contributed by atoms with Gasteiger partial charge in [-0.25, -0.2) is 4.39 Å². The Morgan fingerprint density at radius 1 is 0.977 bits per heavy atom. The van der Waals surface area contributed by atoms with Crippen molar-refractivity contribution in [3.63, 3.8) is 0 Å². The van der Waals surface area contributed by atoms with Crippen LogP contribution in [0.15, 0.2) is 72.1 Å². The normalized spacial score (nSPS) is 18.4. The van der Waals surface area contributed by atoms with Gasteiger partial charge in [0.2, 0.25) is 0 Å². The first-order chi connectivity index (χ1) is 20.5. The molecule has 3 N–H and O–H groups in total. The highest BCUT2D eigenvalue weighted by molar-refractivity contribution is 6.09. The number of nitrogens with one attached hydrogen (secondary N) is 3. The van der Waals surface area contributed by atoms with Crippen LogP contribution in [0.4, 0.5) is 28.9 Å². The van der Waals surface area contributed by atoms with Gasteiger partial charge in [-0.15, -0.1) is 0 Å². The number of piperazine rings is 1. The van der Waals surface area contributed by atoms with Gasteiger partial charge >= 0.3 is 6.18 Å². The summed E-state index contributed by atoms with van der Waals surface area (Å²) < 4.78 is 56.6. The molecule has 2 amide bonds. The number of anilines is 2. The Bertz CT molecular complexity index is 1470. The lowest BCUT2D eigenvalue weighted by Gasteiger charge is -2.35. The van der Waals surface area contributed by atoms with Crippen molar-refractivity contribution in [2.24, 2.45) is 0 Å². The Labute approximate surface area is 248 Å². The van der Waals surface area contributed by atoms with Crippen LogP contribution < -0.4 is 20.9 Å². The van der Waals surface area contributed by atoms with E-state index in [1.807, 2.05) is 11.9 Å². The van der Waals surface area contributed by atoms with Crippen molar-refractivity contribution < 1.29 is 27.2 Å². The molecule has 5 rings (SSSR count). The molecule has 228 valence electrons. The number of likely N-dealkylation sites (N-methyl/N-ethyl adjacent to an activating group) is 1. The Kier molecular flexibility index (Phi) is 8.91. The van der Waals surface area contributed by atoms with Crippen LogP contribution >= 0.6 is 0 Å². The molecule has 1 saturated carbocycles. The van der Waals surface area contributed by atoms with E-state index in [9.17, 15) is 22.8 Å². The van der Waals surface area contributed by atoms with Crippen LogP contribution in [0, 0.1) is 5.82 Å². The predicted molar refractivity (Wildman–Crippen MR) is 159 cm³/mol. The number of amides is 2. The fourth-order valence-electron chi connectivity index (χ4n) is 5.68. The molecular formula is C32H35F4N5O2. The van der Waals surface area contributed by atoms with Crippen molar-refractivity contribution in [3.05, 3.63) is 83.5 Å². The van der Waals surface area contributed by atoms with Gasteiger partial charge in [0.25, 0.3) is 11.8 Å². The zero-order valence-electron chi connectivity index (χ0n) is 24.0. The number of rotatable bonds is 6. The molecule has 0 aromatic heterocycles. The zero-order valence-corrected chi connectivity index (χ0v) is 24.0. The standard InChI is InChI=1S/C32H35F4N5O2/c1-20-16-26(32(34,35)36)25(19-37-20)31(43)39-28-18-21(9-11-29(28)41-14-12-40(2)13-15-41)24-17-22(8-10-27(24)33)30(42)38-23-6-4-3-5-7-23/h8-11,16-19,23,37H,1,3-7,12-15H2,2H3,(H,38,42)(H,39,43). The second-order valence-electron chi connectivity index (χ2n) is 11.3. The highest BCUT2D eigenvalue weighted by Crippen LogP contribution is 2.37. The minimum absolute atomic E-state index is 0.00637. The number of carbonyl (C=O) groups excluding carboxylic acids is 2. The number of hydrogen-bond donors (Lipinski definition) is 3. The summed E-state index contributed by atoms with van der Waals surface area (Å²) in [6.07, 6.45) is 2.04. The number of allylic oxidation sites excluding steroid dienone is 1. The molecule has 2 aromatic rings. The van der Waals surface area contributed by atoms with E-state index in [4.69, 9.17) is 0 Å². The lowest BCUT2D eigenvalue weighted by molar-refractivity contribution is -0.115. The molecule has 7 nitrogen and oxygen atoms in total. The lowest BCUT2D eigenvalue weighted by Crippen LogP contribution is -2.44. The third-order valence-electron chi connectivity index (χ3n) is 8.13. The first-order valence-corrected chi connectivity index (χ1v) is 14.4. The van der Waals surface area contributed by atoms with Gasteiger partial charge < -0.3 is 25.8 Å². The minimum Gasteiger partial charge on any atom is -0.367 e. The van der Waals surface area contributed by atoms with Crippen LogP contribution in [0.2, 0.25) is 0 Å². The Hall–Kier alpha value is -4.12. The van der Waals surface area contributed by atoms with E-state index in [0.29, 0.717) is 29.9 Å². The molecule has 0 radical (unpaired) electrons. The molecule has 11 heteroatoms. The van der Waals surface area contributed by atoms with E-state index in [1.165, 1.54) is 18.2 Å². The highest BCUT2D eigenvalue weighted by Gasteiger charge is 2.40. The second-order valence-corrected chi connectivity index (χ2v) is 11.3. The molecule has 0 atom stereocenters. The number of halogens is 4. The topological polar surface area (TPSA) is 76.7 Å². The van der Waals surface area contributed by atoms with Crippen molar-refractivity contribution in [1.29, 1.82) is 0 Å². The average Bonchev–Trinajstić information content (AvgIpc) is 2.98. The Morgan fingerprint density at radius 2 is 1.70 bits per heavy atom. The fourth-order valence-corrected chi connectivity index (χ4v) is 5.68. The summed E-state index contributed by atoms with van der Waals surface area (Å²) in [4.78, 5) is 30.5. The van der Waals surface area contributed by atoms with E-state index in [2.05, 4.69) is 27.4 Å².